The molecule has 0 bridgehead atoms. The molecule has 0 aliphatic carbocycles. The van der Waals surface area contributed by atoms with Gasteiger partial charge in [-0.15, -0.1) is 0 Å². The Morgan fingerprint density at radius 2 is 1.86 bits per heavy atom. The van der Waals surface area contributed by atoms with Gasteiger partial charge in [0.25, 0.3) is 5.24 Å². The second-order valence-electron chi connectivity index (χ2n) is 6.76. The first kappa shape index (κ1) is 20.9. The maximum Gasteiger partial charge on any atom is 0.322 e. The quantitative estimate of drug-likeness (QED) is 0.671. The Morgan fingerprint density at radius 1 is 1.17 bits per heavy atom. The summed E-state index contributed by atoms with van der Waals surface area (Å²) in [5.41, 5.74) is 8.69. The number of methoxy groups -OCH3 is 1. The molecule has 1 fully saturated rings. The average molecular weight is 414 g/mol. The predicted molar refractivity (Wildman–Crippen MR) is 110 cm³/mol. The molecule has 1 aliphatic heterocycles. The van der Waals surface area contributed by atoms with E-state index in [1.54, 1.807) is 0 Å². The Balaban J connectivity index is 1.61. The van der Waals surface area contributed by atoms with Crippen LogP contribution >= 0.6 is 11.8 Å². The van der Waals surface area contributed by atoms with Crippen LogP contribution in [0.2, 0.25) is 0 Å². The lowest BCUT2D eigenvalue weighted by Gasteiger charge is -2.13. The van der Waals surface area contributed by atoms with Crippen LogP contribution in [-0.2, 0) is 27.2 Å². The molecule has 2 aromatic rings. The lowest BCUT2D eigenvalue weighted by Crippen LogP contribution is -2.33. The van der Waals surface area contributed by atoms with Crippen molar-refractivity contribution < 1.29 is 23.9 Å². The highest BCUT2D eigenvalue weighted by molar-refractivity contribution is 8.15. The summed E-state index contributed by atoms with van der Waals surface area (Å²) in [6, 6.07) is 12.3. The molecule has 1 aliphatic rings. The number of thioether (sulfide) groups is 1. The highest BCUT2D eigenvalue weighted by Crippen LogP contribution is 2.27. The molecule has 2 amide bonds. The van der Waals surface area contributed by atoms with E-state index >= 15 is 0 Å². The molecule has 0 spiro atoms. The van der Waals surface area contributed by atoms with E-state index in [0.717, 1.165) is 28.5 Å². The van der Waals surface area contributed by atoms with E-state index in [1.807, 2.05) is 49.4 Å². The smallest absolute Gasteiger partial charge is 0.322 e. The Morgan fingerprint density at radius 3 is 2.45 bits per heavy atom. The van der Waals surface area contributed by atoms with Crippen LogP contribution in [0.1, 0.15) is 16.7 Å². The number of esters is 1. The summed E-state index contributed by atoms with van der Waals surface area (Å²) in [5, 5.41) is 1.60. The molecule has 2 atom stereocenters. The molecule has 0 radical (unpaired) electrons. The van der Waals surface area contributed by atoms with Crippen LogP contribution in [0.4, 0.5) is 4.79 Å². The van der Waals surface area contributed by atoms with Gasteiger partial charge in [0.15, 0.2) is 0 Å². The molecular formula is C21H22N2O5S. The molecule has 0 aromatic heterocycles. The van der Waals surface area contributed by atoms with Gasteiger partial charge < -0.3 is 15.2 Å². The third-order valence-electron chi connectivity index (χ3n) is 4.60. The van der Waals surface area contributed by atoms with Crippen molar-refractivity contribution in [1.29, 1.82) is 0 Å². The molecule has 3 rings (SSSR count). The van der Waals surface area contributed by atoms with Crippen molar-refractivity contribution >= 4 is 28.9 Å². The minimum Gasteiger partial charge on any atom is -0.468 e. The highest BCUT2D eigenvalue weighted by Gasteiger charge is 2.31. The van der Waals surface area contributed by atoms with E-state index in [2.05, 4.69) is 10.1 Å². The lowest BCUT2D eigenvalue weighted by atomic mass is 10.0. The van der Waals surface area contributed by atoms with Crippen LogP contribution in [0.25, 0.3) is 0 Å². The number of ether oxygens (including phenoxy) is 2. The summed E-state index contributed by atoms with van der Waals surface area (Å²) in [4.78, 5) is 34.4. The van der Waals surface area contributed by atoms with Gasteiger partial charge in [-0.05, 0) is 60.7 Å². The van der Waals surface area contributed by atoms with Crippen molar-refractivity contribution in [3.8, 4) is 11.5 Å². The fourth-order valence-electron chi connectivity index (χ4n) is 3.00. The molecule has 7 nitrogen and oxygen atoms in total. The van der Waals surface area contributed by atoms with Crippen LogP contribution in [0.15, 0.2) is 42.5 Å². The molecule has 2 unspecified atom stereocenters. The summed E-state index contributed by atoms with van der Waals surface area (Å²) in [7, 11) is 1.32. The molecule has 1 saturated heterocycles. The summed E-state index contributed by atoms with van der Waals surface area (Å²) < 4.78 is 10.6. The Kier molecular flexibility index (Phi) is 6.56. The summed E-state index contributed by atoms with van der Waals surface area (Å²) >= 11 is 1.02. The topological polar surface area (TPSA) is 108 Å². The number of nitrogens with two attached hydrogens (primary N) is 1. The minimum atomic E-state index is -0.701. The number of hydrogen-bond donors (Lipinski definition) is 2. The Hall–Kier alpha value is -2.84. The van der Waals surface area contributed by atoms with Crippen LogP contribution in [-0.4, -0.2) is 35.5 Å². The molecule has 1 heterocycles. The zero-order valence-corrected chi connectivity index (χ0v) is 17.0. The number of carbonyl (C=O) groups is 3. The molecule has 29 heavy (non-hydrogen) atoms. The van der Waals surface area contributed by atoms with Crippen molar-refractivity contribution in [3.05, 3.63) is 59.2 Å². The second-order valence-corrected chi connectivity index (χ2v) is 7.93. The Labute approximate surface area is 172 Å². The fraction of sp³-hybridized carbons (Fsp3) is 0.286. The first-order chi connectivity index (χ1) is 13.9. The number of aryl methyl sites for hydroxylation is 1. The van der Waals surface area contributed by atoms with Gasteiger partial charge in [-0.1, -0.05) is 30.0 Å². The number of amides is 2. The monoisotopic (exact) mass is 414 g/mol. The summed E-state index contributed by atoms with van der Waals surface area (Å²) in [5.74, 6) is 0.638. The molecular weight excluding hydrogens is 392 g/mol. The highest BCUT2D eigenvalue weighted by atomic mass is 32.2. The largest absolute Gasteiger partial charge is 0.468 e. The molecule has 3 N–H and O–H groups in total. The van der Waals surface area contributed by atoms with Crippen LogP contribution in [0, 0.1) is 6.92 Å². The number of benzene rings is 2. The zero-order valence-electron chi connectivity index (χ0n) is 16.1. The van der Waals surface area contributed by atoms with E-state index in [0.29, 0.717) is 24.3 Å². The lowest BCUT2D eigenvalue weighted by molar-refractivity contribution is -0.142. The van der Waals surface area contributed by atoms with E-state index in [1.165, 1.54) is 7.11 Å². The standard InChI is InChI=1S/C21H22N2O5S/c1-12-9-16(8-5-14(12)11-17(22)20(25)27-2)28-15-6-3-13(4-7-15)10-18-19(24)23-21(26)29-18/h3-9,17-18H,10-11,22H2,1-2H3,(H,23,24,26). The normalized spacial score (nSPS) is 17.0. The summed E-state index contributed by atoms with van der Waals surface area (Å²) in [6.45, 7) is 1.93. The second kappa shape index (κ2) is 9.11. The van der Waals surface area contributed by atoms with Gasteiger partial charge in [0.05, 0.1) is 12.4 Å². The van der Waals surface area contributed by atoms with Crippen molar-refractivity contribution in [3.63, 3.8) is 0 Å². The van der Waals surface area contributed by atoms with E-state index in [-0.39, 0.29) is 16.4 Å². The molecule has 152 valence electrons. The van der Waals surface area contributed by atoms with Crippen LogP contribution < -0.4 is 15.8 Å². The van der Waals surface area contributed by atoms with Gasteiger partial charge >= 0.3 is 5.97 Å². The number of hydrogen-bond acceptors (Lipinski definition) is 7. The van der Waals surface area contributed by atoms with Crippen molar-refractivity contribution in [2.45, 2.75) is 31.1 Å². The fourth-order valence-corrected chi connectivity index (χ4v) is 3.86. The third-order valence-corrected chi connectivity index (χ3v) is 5.59. The Bertz CT molecular complexity index is 929. The molecule has 0 saturated carbocycles. The molecule has 8 heteroatoms. The van der Waals surface area contributed by atoms with Gasteiger partial charge in [-0.3, -0.25) is 19.7 Å². The predicted octanol–water partition coefficient (Wildman–Crippen LogP) is 2.72. The van der Waals surface area contributed by atoms with Crippen molar-refractivity contribution in [2.75, 3.05) is 7.11 Å². The number of nitrogens with one attached hydrogen (secondary N) is 1. The van der Waals surface area contributed by atoms with E-state index < -0.39 is 12.0 Å². The van der Waals surface area contributed by atoms with Gasteiger partial charge in [-0.25, -0.2) is 0 Å². The first-order valence-electron chi connectivity index (χ1n) is 9.07. The minimum absolute atomic E-state index is 0.247. The van der Waals surface area contributed by atoms with E-state index in [9.17, 15) is 14.4 Å². The number of carbonyl (C=O) groups excluding carboxylic acids is 3. The van der Waals surface area contributed by atoms with Gasteiger partial charge in [0.2, 0.25) is 5.91 Å². The maximum absolute atomic E-state index is 11.7. The van der Waals surface area contributed by atoms with Gasteiger partial charge in [0.1, 0.15) is 17.5 Å². The van der Waals surface area contributed by atoms with E-state index in [4.69, 9.17) is 10.5 Å². The third kappa shape index (κ3) is 5.36. The van der Waals surface area contributed by atoms with Crippen molar-refractivity contribution in [2.24, 2.45) is 5.73 Å². The van der Waals surface area contributed by atoms with Crippen LogP contribution in [0.3, 0.4) is 0 Å². The number of rotatable bonds is 7. The average Bonchev–Trinajstić information content (AvgIpc) is 3.01. The molecule has 2 aromatic carbocycles. The number of imide groups is 1. The van der Waals surface area contributed by atoms with Crippen LogP contribution in [0.5, 0.6) is 11.5 Å². The maximum atomic E-state index is 11.7. The van der Waals surface area contributed by atoms with Crippen molar-refractivity contribution in [1.82, 2.24) is 5.32 Å². The van der Waals surface area contributed by atoms with Gasteiger partial charge in [0, 0.05) is 0 Å². The SMILES string of the molecule is COC(=O)C(N)Cc1ccc(Oc2ccc(CC3SC(=O)NC3=O)cc2)cc1C. The summed E-state index contributed by atoms with van der Waals surface area (Å²) in [6.07, 6.45) is 0.875. The van der Waals surface area contributed by atoms with Gasteiger partial charge in [-0.2, -0.15) is 0 Å². The first-order valence-corrected chi connectivity index (χ1v) is 9.95. The zero-order chi connectivity index (χ0) is 21.0.